The highest BCUT2D eigenvalue weighted by atomic mass is 35.6. The highest BCUT2D eigenvalue weighted by Crippen LogP contribution is 2.43. The minimum absolute atomic E-state index is 0.234. The molecule has 0 saturated carbocycles. The molecule has 2 unspecified atom stereocenters. The number of unbranched alkanes of at least 4 members (excludes halogenated alkanes) is 12. The highest BCUT2D eigenvalue weighted by molar-refractivity contribution is 7.86. The minimum atomic E-state index is -4.37. The Morgan fingerprint density at radius 2 is 1.24 bits per heavy atom. The van der Waals surface area contributed by atoms with E-state index in [0.29, 0.717) is 12.0 Å². The fourth-order valence-electron chi connectivity index (χ4n) is 4.49. The molecule has 2 N–H and O–H groups in total. The second-order valence-electron chi connectivity index (χ2n) is 9.56. The molecule has 198 valence electrons. The highest BCUT2D eigenvalue weighted by Gasteiger charge is 2.42. The second-order valence-corrected chi connectivity index (χ2v) is 13.8. The minimum Gasteiger partial charge on any atom is -0.385 e. The van der Waals surface area contributed by atoms with E-state index in [0.717, 1.165) is 19.3 Å². The zero-order valence-corrected chi connectivity index (χ0v) is 23.6. The van der Waals surface area contributed by atoms with Gasteiger partial charge in [-0.25, -0.2) is 0 Å². The summed E-state index contributed by atoms with van der Waals surface area (Å²) in [5.74, 6) is 0. The maximum atomic E-state index is 12.1. The van der Waals surface area contributed by atoms with Gasteiger partial charge in [0.25, 0.3) is 10.1 Å². The monoisotopic (exact) mass is 556 g/mol. The summed E-state index contributed by atoms with van der Waals surface area (Å²) in [6.45, 7) is 2.24. The summed E-state index contributed by atoms with van der Waals surface area (Å²) in [7, 11) is -4.37. The van der Waals surface area contributed by atoms with Crippen LogP contribution in [0, 0.1) is 0 Å². The average Bonchev–Trinajstić information content (AvgIpc) is 2.75. The Labute approximate surface area is 222 Å². The maximum Gasteiger partial charge on any atom is 0.267 e. The van der Waals surface area contributed by atoms with Crippen molar-refractivity contribution in [3.8, 4) is 0 Å². The number of alkyl halides is 3. The van der Waals surface area contributed by atoms with Crippen LogP contribution in [0.1, 0.15) is 115 Å². The first kappa shape index (κ1) is 32.0. The molecule has 0 aliphatic heterocycles. The molecule has 0 radical (unpaired) electrons. The van der Waals surface area contributed by atoms with Crippen molar-refractivity contribution in [2.24, 2.45) is 0 Å². The van der Waals surface area contributed by atoms with Gasteiger partial charge in [0, 0.05) is 6.42 Å². The van der Waals surface area contributed by atoms with Crippen molar-refractivity contribution in [2.45, 2.75) is 124 Å². The molecule has 0 spiro atoms. The van der Waals surface area contributed by atoms with Gasteiger partial charge < -0.3 is 5.11 Å². The molecule has 0 heterocycles. The van der Waals surface area contributed by atoms with Crippen molar-refractivity contribution in [1.82, 2.24) is 0 Å². The number of hydrogen-bond donors (Lipinski definition) is 2. The maximum absolute atomic E-state index is 12.1. The predicted octanol–water partition coefficient (Wildman–Crippen LogP) is 8.76. The van der Waals surface area contributed by atoms with E-state index in [9.17, 15) is 18.1 Å². The van der Waals surface area contributed by atoms with E-state index in [-0.39, 0.29) is 19.3 Å². The smallest absolute Gasteiger partial charge is 0.267 e. The van der Waals surface area contributed by atoms with Crippen LogP contribution in [0.25, 0.3) is 0 Å². The number of halogens is 3. The van der Waals surface area contributed by atoms with Gasteiger partial charge in [0.2, 0.25) is 0 Å². The van der Waals surface area contributed by atoms with Gasteiger partial charge in [-0.3, -0.25) is 4.55 Å². The lowest BCUT2D eigenvalue weighted by Gasteiger charge is -2.34. The fourth-order valence-corrected chi connectivity index (χ4v) is 6.11. The number of rotatable bonds is 19. The summed E-state index contributed by atoms with van der Waals surface area (Å²) in [5, 5.41) is 10.2. The quantitative estimate of drug-likeness (QED) is 0.101. The van der Waals surface area contributed by atoms with E-state index < -0.39 is 24.8 Å². The number of aliphatic hydroxyl groups is 1. The van der Waals surface area contributed by atoms with Crippen molar-refractivity contribution in [3.05, 3.63) is 35.9 Å². The van der Waals surface area contributed by atoms with Gasteiger partial charge in [0.05, 0.1) is 10.9 Å². The summed E-state index contributed by atoms with van der Waals surface area (Å²) >= 11 is 17.9. The van der Waals surface area contributed by atoms with Gasteiger partial charge in [0.1, 0.15) is 0 Å². The molecule has 1 aromatic carbocycles. The van der Waals surface area contributed by atoms with E-state index >= 15 is 0 Å². The summed E-state index contributed by atoms with van der Waals surface area (Å²) in [6, 6.07) is 8.58. The van der Waals surface area contributed by atoms with Crippen LogP contribution in [0.3, 0.4) is 0 Å². The molecule has 0 fully saturated rings. The van der Waals surface area contributed by atoms with Gasteiger partial charge in [-0.1, -0.05) is 156 Å². The first-order valence-electron chi connectivity index (χ1n) is 12.8. The molecule has 4 nitrogen and oxygen atoms in total. The van der Waals surface area contributed by atoms with Crippen molar-refractivity contribution >= 4 is 44.9 Å². The molecule has 2 atom stereocenters. The molecular formula is C26H43Cl3O4S. The van der Waals surface area contributed by atoms with Gasteiger partial charge in [0.15, 0.2) is 3.79 Å². The van der Waals surface area contributed by atoms with Crippen LogP contribution in [-0.2, 0) is 15.7 Å². The van der Waals surface area contributed by atoms with Crippen LogP contribution < -0.4 is 0 Å². The van der Waals surface area contributed by atoms with Crippen LogP contribution in [-0.4, -0.2) is 27.1 Å². The van der Waals surface area contributed by atoms with Gasteiger partial charge in [-0.15, -0.1) is 0 Å². The van der Waals surface area contributed by atoms with Gasteiger partial charge in [-0.2, -0.15) is 8.42 Å². The lowest BCUT2D eigenvalue weighted by atomic mass is 9.85. The topological polar surface area (TPSA) is 74.6 Å². The van der Waals surface area contributed by atoms with E-state index in [1.165, 1.54) is 57.8 Å². The van der Waals surface area contributed by atoms with Gasteiger partial charge in [-0.05, 0) is 18.4 Å². The van der Waals surface area contributed by atoms with E-state index in [4.69, 9.17) is 34.8 Å². The molecule has 8 heteroatoms. The number of benzene rings is 1. The molecule has 1 aromatic rings. The zero-order valence-electron chi connectivity index (χ0n) is 20.5. The van der Waals surface area contributed by atoms with Crippen molar-refractivity contribution in [3.63, 3.8) is 0 Å². The van der Waals surface area contributed by atoms with E-state index in [2.05, 4.69) is 6.92 Å². The Kier molecular flexibility index (Phi) is 15.7. The van der Waals surface area contributed by atoms with E-state index in [1.807, 2.05) is 0 Å². The van der Waals surface area contributed by atoms with Gasteiger partial charge >= 0.3 is 0 Å². The average molecular weight is 558 g/mol. The van der Waals surface area contributed by atoms with Crippen LogP contribution in [0.5, 0.6) is 0 Å². The second kappa shape index (κ2) is 16.7. The van der Waals surface area contributed by atoms with Crippen LogP contribution >= 0.6 is 34.8 Å². The molecule has 34 heavy (non-hydrogen) atoms. The molecular weight excluding hydrogens is 515 g/mol. The molecule has 0 saturated heterocycles. The third-order valence-corrected chi connectivity index (χ3v) is 8.07. The molecule has 0 aliphatic carbocycles. The largest absolute Gasteiger partial charge is 0.385 e. The third kappa shape index (κ3) is 14.5. The molecule has 0 amide bonds. The van der Waals surface area contributed by atoms with Crippen LogP contribution in [0.15, 0.2) is 30.3 Å². The number of hydrogen-bond acceptors (Lipinski definition) is 3. The molecule has 0 aromatic heterocycles. The lowest BCUT2D eigenvalue weighted by molar-refractivity contribution is 0.0173. The molecule has 0 aliphatic rings. The van der Waals surface area contributed by atoms with Crippen LogP contribution in [0.2, 0.25) is 0 Å². The van der Waals surface area contributed by atoms with Crippen LogP contribution in [0.4, 0.5) is 0 Å². The Morgan fingerprint density at radius 1 is 0.794 bits per heavy atom. The first-order chi connectivity index (χ1) is 16.0. The Morgan fingerprint density at radius 3 is 1.65 bits per heavy atom. The molecule has 0 bridgehead atoms. The predicted molar refractivity (Wildman–Crippen MR) is 146 cm³/mol. The van der Waals surface area contributed by atoms with Crippen molar-refractivity contribution in [2.75, 3.05) is 0 Å². The first-order valence-corrected chi connectivity index (χ1v) is 15.4. The summed E-state index contributed by atoms with van der Waals surface area (Å²) in [4.78, 5) is 0. The fraction of sp³-hybridized carbons (Fsp3) is 0.769. The Bertz CT molecular complexity index is 753. The van der Waals surface area contributed by atoms with Crippen molar-refractivity contribution in [1.29, 1.82) is 0 Å². The standard InChI is InChI=1S/C26H43Cl3O4S/c1-2-3-4-5-6-7-8-9-10-11-12-13-17-20-24(34(31,32)33)21-25(30,22-26(27,28)29)23-18-15-14-16-19-23/h14-16,18-19,24,30H,2-13,17,20-22H2,1H3,(H,31,32,33). The van der Waals surface area contributed by atoms with E-state index in [1.54, 1.807) is 30.3 Å². The summed E-state index contributed by atoms with van der Waals surface area (Å²) < 4.78 is 32.3. The van der Waals surface area contributed by atoms with Crippen molar-refractivity contribution < 1.29 is 18.1 Å². The summed E-state index contributed by atoms with van der Waals surface area (Å²) in [6.07, 6.45) is 15.2. The Balaban J connectivity index is 2.46. The normalized spacial score (nSPS) is 15.2. The summed E-state index contributed by atoms with van der Waals surface area (Å²) in [5.41, 5.74) is -1.23. The third-order valence-electron chi connectivity index (χ3n) is 6.42. The Hall–Kier alpha value is -0.0400. The lowest BCUT2D eigenvalue weighted by Crippen LogP contribution is -2.37. The zero-order chi connectivity index (χ0) is 25.5. The SMILES string of the molecule is CCCCCCCCCCCCCCCC(CC(O)(CC(Cl)(Cl)Cl)c1ccccc1)S(=O)(=O)O. The molecule has 1 rings (SSSR count).